The number of halogens is 4. The van der Waals surface area contributed by atoms with E-state index in [-0.39, 0.29) is 18.6 Å². The van der Waals surface area contributed by atoms with Gasteiger partial charge in [-0.3, -0.25) is 0 Å². The van der Waals surface area contributed by atoms with Crippen molar-refractivity contribution in [3.8, 4) is 0 Å². The molecule has 0 unspecified atom stereocenters. The number of hydrogen-bond donors (Lipinski definition) is 0. The molecular formula is HBCl4N. The van der Waals surface area contributed by atoms with E-state index in [4.69, 9.17) is 34.4 Å². The van der Waals surface area contributed by atoms with Gasteiger partial charge in [0.05, 0.1) is 0 Å². The zero-order chi connectivity index (χ0) is 3.58. The second kappa shape index (κ2) is 9.49. The lowest BCUT2D eigenvalue weighted by molar-refractivity contribution is 2.13. The molecule has 0 aromatic heterocycles. The highest BCUT2D eigenvalue weighted by Crippen LogP contribution is 1.97. The lowest BCUT2D eigenvalue weighted by Crippen LogP contribution is -1.66. The molecule has 0 fully saturated rings. The highest BCUT2D eigenvalue weighted by atomic mass is 35.6. The maximum atomic E-state index is 4.81. The Morgan fingerprint density at radius 1 is 1.00 bits per heavy atom. The largest absolute Gasteiger partial charge is 0.450 e. The van der Waals surface area contributed by atoms with E-state index in [2.05, 4.69) is 0 Å². The van der Waals surface area contributed by atoms with Crippen LogP contribution in [0.4, 0.5) is 0 Å². The first kappa shape index (κ1) is 15.7. The second-order valence-electron chi connectivity index (χ2n) is 0.247. The van der Waals surface area contributed by atoms with Gasteiger partial charge in [0.1, 0.15) is 0 Å². The van der Waals surface area contributed by atoms with Gasteiger partial charge in [0.2, 0.25) is 0 Å². The Bertz CT molecular complexity index is 12.3. The summed E-state index contributed by atoms with van der Waals surface area (Å²) < 4.78 is 0. The van der Waals surface area contributed by atoms with Crippen molar-refractivity contribution in [1.29, 1.82) is 0 Å². The molecule has 6 heavy (non-hydrogen) atoms. The highest BCUT2D eigenvalue weighted by molar-refractivity contribution is 7.54. The molecule has 0 heterocycles. The van der Waals surface area contributed by atoms with Crippen molar-refractivity contribution in [1.82, 2.24) is 6.15 Å². The van der Waals surface area contributed by atoms with Crippen LogP contribution in [0.15, 0.2) is 0 Å². The van der Waals surface area contributed by atoms with E-state index < -0.39 is 4.96 Å². The SMILES string of the molecule is Cl.ClB(Cl)Cl.[N]. The molecule has 0 saturated carbocycles. The summed E-state index contributed by atoms with van der Waals surface area (Å²) in [5, 5.41) is 0. The fourth-order valence-electron chi connectivity index (χ4n) is 0. The summed E-state index contributed by atoms with van der Waals surface area (Å²) >= 11 is 14.4. The Morgan fingerprint density at radius 2 is 1.00 bits per heavy atom. The van der Waals surface area contributed by atoms with Gasteiger partial charge in [0.25, 0.3) is 0 Å². The molecule has 0 amide bonds. The van der Waals surface area contributed by atoms with Crippen LogP contribution in [0.3, 0.4) is 0 Å². The first-order valence-corrected chi connectivity index (χ1v) is 1.96. The maximum Gasteiger partial charge on any atom is 0.450 e. The molecule has 0 rings (SSSR count). The Hall–Kier alpha value is 1.18. The van der Waals surface area contributed by atoms with Crippen molar-refractivity contribution >= 4 is 51.7 Å². The summed E-state index contributed by atoms with van der Waals surface area (Å²) in [4.78, 5) is -0.750. The first-order chi connectivity index (χ1) is 1.73. The Balaban J connectivity index is -0.0000000450. The van der Waals surface area contributed by atoms with E-state index in [1.165, 1.54) is 0 Å². The molecule has 0 aliphatic rings. The zero-order valence-electron chi connectivity index (χ0n) is 2.57. The summed E-state index contributed by atoms with van der Waals surface area (Å²) in [5.74, 6) is 0. The molecule has 1 nitrogen and oxygen atoms in total. The van der Waals surface area contributed by atoms with Crippen LogP contribution in [-0.4, -0.2) is 4.96 Å². The fourth-order valence-corrected chi connectivity index (χ4v) is 0. The monoisotopic (exact) mass is 166 g/mol. The van der Waals surface area contributed by atoms with Gasteiger partial charge in [-0.2, -0.15) is 34.4 Å². The Kier molecular flexibility index (Phi) is 24.8. The van der Waals surface area contributed by atoms with Crippen LogP contribution in [0.5, 0.6) is 0 Å². The van der Waals surface area contributed by atoms with Gasteiger partial charge in [-0.1, -0.05) is 0 Å². The smallest absolute Gasteiger partial charge is 0.150 e. The van der Waals surface area contributed by atoms with Crippen molar-refractivity contribution < 1.29 is 0 Å². The van der Waals surface area contributed by atoms with Gasteiger partial charge < -0.3 is 0 Å². The Labute approximate surface area is 58.1 Å². The van der Waals surface area contributed by atoms with E-state index >= 15 is 0 Å². The van der Waals surface area contributed by atoms with Crippen LogP contribution in [0.1, 0.15) is 0 Å². The quantitative estimate of drug-likeness (QED) is 0.491. The molecule has 6 heteroatoms. The lowest BCUT2D eigenvalue weighted by atomic mass is 10.7. The van der Waals surface area contributed by atoms with Crippen molar-refractivity contribution in [2.24, 2.45) is 0 Å². The van der Waals surface area contributed by atoms with Gasteiger partial charge >= 0.3 is 4.96 Å². The molecule has 0 N–H and O–H groups in total. The van der Waals surface area contributed by atoms with Crippen LogP contribution in [0, 0.1) is 0 Å². The summed E-state index contributed by atoms with van der Waals surface area (Å²) in [6.07, 6.45) is 0. The third kappa shape index (κ3) is 64.7. The van der Waals surface area contributed by atoms with Crippen LogP contribution >= 0.6 is 46.8 Å². The van der Waals surface area contributed by atoms with Gasteiger partial charge in [-0.05, 0) is 0 Å². The van der Waals surface area contributed by atoms with E-state index in [1.807, 2.05) is 0 Å². The average molecular weight is 168 g/mol. The van der Waals surface area contributed by atoms with E-state index in [1.54, 1.807) is 0 Å². The molecule has 0 aliphatic carbocycles. The molecule has 37 valence electrons. The molecule has 0 spiro atoms. The van der Waals surface area contributed by atoms with Crippen LogP contribution < -0.4 is 6.15 Å². The molecule has 3 radical (unpaired) electrons. The Morgan fingerprint density at radius 3 is 1.00 bits per heavy atom. The number of nitrogens with zero attached hydrogens (tertiary/aromatic N) is 1. The molecule has 0 aromatic carbocycles. The van der Waals surface area contributed by atoms with Gasteiger partial charge in [0.15, 0.2) is 0 Å². The van der Waals surface area contributed by atoms with Crippen LogP contribution in [-0.2, 0) is 0 Å². The maximum absolute atomic E-state index is 4.81. The normalized spacial score (nSPS) is 4.50. The minimum atomic E-state index is -0.750. The first-order valence-electron chi connectivity index (χ1n) is 0.655. The highest BCUT2D eigenvalue weighted by Gasteiger charge is 1.91. The molecule has 0 aliphatic heterocycles. The summed E-state index contributed by atoms with van der Waals surface area (Å²) in [6, 6.07) is 0. The average Bonchev–Trinajstić information content (AvgIpc) is 0.811. The van der Waals surface area contributed by atoms with E-state index in [0.717, 1.165) is 0 Å². The molecule has 0 atom stereocenters. The predicted octanol–water partition coefficient (Wildman–Crippen LogP) is 1.63. The van der Waals surface area contributed by atoms with Gasteiger partial charge in [-0.25, -0.2) is 0 Å². The lowest BCUT2D eigenvalue weighted by Gasteiger charge is -1.61. The van der Waals surface area contributed by atoms with E-state index in [0.29, 0.717) is 0 Å². The van der Waals surface area contributed by atoms with Crippen LogP contribution in [0.25, 0.3) is 0 Å². The molecule has 0 saturated heterocycles. The third-order valence-electron chi connectivity index (χ3n) is 0. The fraction of sp³-hybridized carbons (Fsp3) is 0. The topological polar surface area (TPSA) is 30.5 Å². The number of hydrogen-bond acceptors (Lipinski definition) is 0. The summed E-state index contributed by atoms with van der Waals surface area (Å²) in [5.41, 5.74) is 0. The zero-order valence-corrected chi connectivity index (χ0v) is 5.65. The van der Waals surface area contributed by atoms with Crippen molar-refractivity contribution in [2.75, 3.05) is 0 Å². The van der Waals surface area contributed by atoms with Crippen molar-refractivity contribution in [2.45, 2.75) is 0 Å². The molecule has 0 bridgehead atoms. The summed E-state index contributed by atoms with van der Waals surface area (Å²) in [7, 11) is 0. The minimum absolute atomic E-state index is 0. The second-order valence-corrected chi connectivity index (χ2v) is 2.23. The number of rotatable bonds is 0. The molecule has 0 aromatic rings. The van der Waals surface area contributed by atoms with Crippen molar-refractivity contribution in [3.05, 3.63) is 0 Å². The van der Waals surface area contributed by atoms with E-state index in [9.17, 15) is 0 Å². The van der Waals surface area contributed by atoms with Gasteiger partial charge in [0, 0.05) is 6.15 Å². The summed E-state index contributed by atoms with van der Waals surface area (Å²) in [6.45, 7) is 0. The molecular weight excluding hydrogens is 167 g/mol. The van der Waals surface area contributed by atoms with Crippen LogP contribution in [0.2, 0.25) is 0 Å². The van der Waals surface area contributed by atoms with Crippen molar-refractivity contribution in [3.63, 3.8) is 0 Å². The predicted molar refractivity (Wildman–Crippen MR) is 32.7 cm³/mol. The standard InChI is InChI=1S/BCl3.ClH.N/c2-1(3)4;;/h;1H;. The van der Waals surface area contributed by atoms with Gasteiger partial charge in [-0.15, -0.1) is 12.4 Å². The third-order valence-corrected chi connectivity index (χ3v) is 0. The minimum Gasteiger partial charge on any atom is -0.150 e.